The zero-order chi connectivity index (χ0) is 9.97. The van der Waals surface area contributed by atoms with E-state index in [2.05, 4.69) is 15.0 Å². The Labute approximate surface area is 88.9 Å². The minimum atomic E-state index is 0.522. The molecule has 14 heavy (non-hydrogen) atoms. The maximum atomic E-state index is 5.90. The van der Waals surface area contributed by atoms with Crippen molar-refractivity contribution in [3.05, 3.63) is 12.2 Å². The summed E-state index contributed by atoms with van der Waals surface area (Å²) < 4.78 is 1.82. The third-order valence-corrected chi connectivity index (χ3v) is 3.18. The highest BCUT2D eigenvalue weighted by Gasteiger charge is 2.24. The number of hydrogen-bond acceptors (Lipinski definition) is 3. The van der Waals surface area contributed by atoms with Gasteiger partial charge in [0, 0.05) is 19.0 Å². The Morgan fingerprint density at radius 1 is 1.64 bits per heavy atom. The van der Waals surface area contributed by atoms with Crippen LogP contribution in [-0.2, 0) is 13.6 Å². The maximum Gasteiger partial charge on any atom is 0.140 e. The Hall–Kier alpha value is -0.610. The Bertz CT molecular complexity index is 299. The predicted molar refractivity (Wildman–Crippen MR) is 55.2 cm³/mol. The number of rotatable bonds is 3. The summed E-state index contributed by atoms with van der Waals surface area (Å²) in [4.78, 5) is 6.60. The van der Waals surface area contributed by atoms with E-state index in [9.17, 15) is 0 Å². The topological polar surface area (TPSA) is 34.0 Å². The van der Waals surface area contributed by atoms with E-state index in [1.807, 2.05) is 11.7 Å². The molecule has 1 aliphatic rings. The first kappa shape index (κ1) is 9.93. The van der Waals surface area contributed by atoms with Crippen LogP contribution in [0, 0.1) is 0 Å². The molecule has 0 aliphatic carbocycles. The highest BCUT2D eigenvalue weighted by atomic mass is 35.5. The molecule has 1 saturated heterocycles. The molecular weight excluding hydrogens is 200 g/mol. The van der Waals surface area contributed by atoms with Crippen LogP contribution >= 0.6 is 11.6 Å². The average molecular weight is 215 g/mol. The van der Waals surface area contributed by atoms with Crippen LogP contribution < -0.4 is 0 Å². The third-order valence-electron chi connectivity index (χ3n) is 2.83. The molecule has 1 fully saturated rings. The zero-order valence-corrected chi connectivity index (χ0v) is 9.11. The summed E-state index contributed by atoms with van der Waals surface area (Å²) in [6, 6.07) is 0.522. The quantitative estimate of drug-likeness (QED) is 0.705. The smallest absolute Gasteiger partial charge is 0.140 e. The van der Waals surface area contributed by atoms with Crippen LogP contribution in [0.25, 0.3) is 0 Å². The molecule has 1 aromatic rings. The van der Waals surface area contributed by atoms with E-state index in [0.717, 1.165) is 24.8 Å². The lowest BCUT2D eigenvalue weighted by Gasteiger charge is -2.21. The summed E-state index contributed by atoms with van der Waals surface area (Å²) >= 11 is 5.90. The maximum absolute atomic E-state index is 5.90. The number of aryl methyl sites for hydroxylation is 1. The standard InChI is InChI=1S/C9H15ClN4/c1-13-9(11-7-12-13)6-14-4-2-3-8(14)5-10/h7-8H,2-6H2,1H3. The zero-order valence-electron chi connectivity index (χ0n) is 8.36. The lowest BCUT2D eigenvalue weighted by Crippen LogP contribution is -2.31. The molecule has 5 heteroatoms. The van der Waals surface area contributed by atoms with Crippen molar-refractivity contribution in [2.24, 2.45) is 7.05 Å². The van der Waals surface area contributed by atoms with Crippen LogP contribution in [-0.4, -0.2) is 38.1 Å². The van der Waals surface area contributed by atoms with Crippen molar-refractivity contribution >= 4 is 11.6 Å². The first-order valence-electron chi connectivity index (χ1n) is 4.94. The van der Waals surface area contributed by atoms with Crippen molar-refractivity contribution in [3.8, 4) is 0 Å². The number of aromatic nitrogens is 3. The van der Waals surface area contributed by atoms with Gasteiger partial charge in [-0.05, 0) is 19.4 Å². The third kappa shape index (κ3) is 1.91. The lowest BCUT2D eigenvalue weighted by atomic mass is 10.2. The molecule has 1 atom stereocenters. The molecule has 0 N–H and O–H groups in total. The average Bonchev–Trinajstić information content (AvgIpc) is 2.77. The van der Waals surface area contributed by atoms with E-state index in [1.54, 1.807) is 6.33 Å². The second kappa shape index (κ2) is 4.28. The molecule has 1 aromatic heterocycles. The van der Waals surface area contributed by atoms with Gasteiger partial charge in [0.1, 0.15) is 12.2 Å². The van der Waals surface area contributed by atoms with E-state index in [-0.39, 0.29) is 0 Å². The monoisotopic (exact) mass is 214 g/mol. The molecule has 0 spiro atoms. The molecule has 1 unspecified atom stereocenters. The van der Waals surface area contributed by atoms with E-state index >= 15 is 0 Å². The highest BCUT2D eigenvalue weighted by molar-refractivity contribution is 6.18. The molecule has 0 aromatic carbocycles. The summed E-state index contributed by atoms with van der Waals surface area (Å²) in [6.45, 7) is 2.00. The van der Waals surface area contributed by atoms with Gasteiger partial charge in [-0.3, -0.25) is 9.58 Å². The first-order valence-corrected chi connectivity index (χ1v) is 5.47. The van der Waals surface area contributed by atoms with E-state index < -0.39 is 0 Å². The van der Waals surface area contributed by atoms with Gasteiger partial charge >= 0.3 is 0 Å². The fourth-order valence-corrected chi connectivity index (χ4v) is 2.27. The minimum absolute atomic E-state index is 0.522. The normalized spacial score (nSPS) is 23.1. The molecule has 4 nitrogen and oxygen atoms in total. The molecule has 0 bridgehead atoms. The van der Waals surface area contributed by atoms with Gasteiger partial charge in [-0.2, -0.15) is 5.10 Å². The number of likely N-dealkylation sites (tertiary alicyclic amines) is 1. The van der Waals surface area contributed by atoms with Crippen molar-refractivity contribution in [1.29, 1.82) is 0 Å². The summed E-state index contributed by atoms with van der Waals surface area (Å²) in [6.07, 6.45) is 4.05. The van der Waals surface area contributed by atoms with Crippen molar-refractivity contribution in [2.45, 2.75) is 25.4 Å². The Balaban J connectivity index is 2.00. The molecular formula is C9H15ClN4. The van der Waals surface area contributed by atoms with E-state index in [1.165, 1.54) is 12.8 Å². The second-order valence-electron chi connectivity index (χ2n) is 3.72. The lowest BCUT2D eigenvalue weighted by molar-refractivity contribution is 0.252. The van der Waals surface area contributed by atoms with E-state index in [4.69, 9.17) is 11.6 Å². The van der Waals surface area contributed by atoms with Crippen LogP contribution in [0.1, 0.15) is 18.7 Å². The summed E-state index contributed by atoms with van der Waals surface area (Å²) in [5.41, 5.74) is 0. The van der Waals surface area contributed by atoms with Crippen LogP contribution in [0.4, 0.5) is 0 Å². The van der Waals surface area contributed by atoms with Crippen molar-refractivity contribution in [2.75, 3.05) is 12.4 Å². The van der Waals surface area contributed by atoms with Gasteiger partial charge in [0.05, 0.1) is 6.54 Å². The number of alkyl halides is 1. The Kier molecular flexibility index (Phi) is 3.03. The highest BCUT2D eigenvalue weighted by Crippen LogP contribution is 2.19. The van der Waals surface area contributed by atoms with Crippen LogP contribution in [0.2, 0.25) is 0 Å². The van der Waals surface area contributed by atoms with Crippen LogP contribution in [0.5, 0.6) is 0 Å². The number of hydrogen-bond donors (Lipinski definition) is 0. The fraction of sp³-hybridized carbons (Fsp3) is 0.778. The van der Waals surface area contributed by atoms with Crippen molar-refractivity contribution < 1.29 is 0 Å². The molecule has 2 heterocycles. The molecule has 0 saturated carbocycles. The van der Waals surface area contributed by atoms with Crippen molar-refractivity contribution in [3.63, 3.8) is 0 Å². The van der Waals surface area contributed by atoms with Gasteiger partial charge in [0.15, 0.2) is 0 Å². The van der Waals surface area contributed by atoms with Crippen molar-refractivity contribution in [1.82, 2.24) is 19.7 Å². The fourth-order valence-electron chi connectivity index (χ4n) is 1.92. The molecule has 2 rings (SSSR count). The van der Waals surface area contributed by atoms with Gasteiger partial charge in [0.2, 0.25) is 0 Å². The predicted octanol–water partition coefficient (Wildman–Crippen LogP) is 1.02. The SMILES string of the molecule is Cn1ncnc1CN1CCCC1CCl. The van der Waals surface area contributed by atoms with Gasteiger partial charge < -0.3 is 0 Å². The molecule has 78 valence electrons. The summed E-state index contributed by atoms with van der Waals surface area (Å²) in [5, 5.41) is 4.06. The summed E-state index contributed by atoms with van der Waals surface area (Å²) in [5.74, 6) is 1.74. The molecule has 0 amide bonds. The molecule has 1 aliphatic heterocycles. The van der Waals surface area contributed by atoms with Gasteiger partial charge in [0.25, 0.3) is 0 Å². The van der Waals surface area contributed by atoms with E-state index in [0.29, 0.717) is 6.04 Å². The van der Waals surface area contributed by atoms with Gasteiger partial charge in [-0.15, -0.1) is 11.6 Å². The van der Waals surface area contributed by atoms with Gasteiger partial charge in [-0.1, -0.05) is 0 Å². The molecule has 0 radical (unpaired) electrons. The van der Waals surface area contributed by atoms with Gasteiger partial charge in [-0.25, -0.2) is 4.98 Å². The van der Waals surface area contributed by atoms with Crippen LogP contribution in [0.3, 0.4) is 0 Å². The Morgan fingerprint density at radius 2 is 2.50 bits per heavy atom. The Morgan fingerprint density at radius 3 is 3.14 bits per heavy atom. The first-order chi connectivity index (χ1) is 6.81. The van der Waals surface area contributed by atoms with Crippen LogP contribution in [0.15, 0.2) is 6.33 Å². The minimum Gasteiger partial charge on any atom is -0.292 e. The number of nitrogens with zero attached hydrogens (tertiary/aromatic N) is 4. The number of halogens is 1. The largest absolute Gasteiger partial charge is 0.292 e. The second-order valence-corrected chi connectivity index (χ2v) is 4.03. The summed E-state index contributed by atoms with van der Waals surface area (Å²) in [7, 11) is 1.92.